The summed E-state index contributed by atoms with van der Waals surface area (Å²) in [5.74, 6) is 2.15. The highest BCUT2D eigenvalue weighted by atomic mass is 16.5. The Morgan fingerprint density at radius 3 is 2.71 bits per heavy atom. The lowest BCUT2D eigenvalue weighted by atomic mass is 10.0. The molecule has 1 aromatic heterocycles. The number of aromatic amines is 1. The Hall–Kier alpha value is -3.58. The number of hydrogen-bond donors (Lipinski definition) is 1. The molecule has 7 heteroatoms. The molecule has 0 spiro atoms. The predicted molar refractivity (Wildman–Crippen MR) is 154 cm³/mol. The Morgan fingerprint density at radius 1 is 1.00 bits per heavy atom. The van der Waals surface area contributed by atoms with Crippen LogP contribution in [0.15, 0.2) is 69.8 Å². The monoisotopic (exact) mass is 508 g/mol. The number of likely N-dealkylation sites (tertiary alicyclic amines) is 1. The molecule has 3 aromatic carbocycles. The molecule has 1 saturated heterocycles. The second kappa shape index (κ2) is 10.7. The van der Waals surface area contributed by atoms with Crippen molar-refractivity contribution < 1.29 is 4.74 Å². The number of fused-ring (bicyclic) bond motifs is 2. The van der Waals surface area contributed by atoms with E-state index in [-0.39, 0.29) is 6.17 Å². The number of azo groups is 1. The molecule has 0 aliphatic carbocycles. The largest absolute Gasteiger partial charge is 0.492 e. The summed E-state index contributed by atoms with van der Waals surface area (Å²) >= 11 is 0. The van der Waals surface area contributed by atoms with Gasteiger partial charge in [0.25, 0.3) is 0 Å². The Labute approximate surface area is 224 Å². The Balaban J connectivity index is 1.20. The van der Waals surface area contributed by atoms with E-state index < -0.39 is 0 Å². The van der Waals surface area contributed by atoms with E-state index in [2.05, 4.69) is 88.6 Å². The van der Waals surface area contributed by atoms with Gasteiger partial charge in [0.1, 0.15) is 12.4 Å². The maximum atomic E-state index is 6.13. The number of aliphatic imine (C=N–C) groups is 1. The molecular formula is C31H36N6O. The quantitative estimate of drug-likeness (QED) is 0.273. The zero-order valence-corrected chi connectivity index (χ0v) is 22.5. The molecule has 38 heavy (non-hydrogen) atoms. The number of piperidine rings is 1. The average molecular weight is 509 g/mol. The minimum atomic E-state index is -0.0767. The van der Waals surface area contributed by atoms with Gasteiger partial charge in [-0.25, -0.2) is 4.99 Å². The van der Waals surface area contributed by atoms with Crippen LogP contribution in [0.2, 0.25) is 0 Å². The van der Waals surface area contributed by atoms with Crippen molar-refractivity contribution in [3.63, 3.8) is 0 Å². The molecule has 0 amide bonds. The van der Waals surface area contributed by atoms with Crippen LogP contribution in [0.3, 0.4) is 0 Å². The minimum absolute atomic E-state index is 0.0767. The highest BCUT2D eigenvalue weighted by Crippen LogP contribution is 2.31. The molecule has 0 radical (unpaired) electrons. The summed E-state index contributed by atoms with van der Waals surface area (Å²) in [4.78, 5) is 7.27. The Morgan fingerprint density at radius 2 is 1.84 bits per heavy atom. The molecule has 6 rings (SSSR count). The second-order valence-electron chi connectivity index (χ2n) is 11.1. The van der Waals surface area contributed by atoms with Crippen LogP contribution in [0.1, 0.15) is 52.0 Å². The number of H-pyrrole nitrogens is 1. The fourth-order valence-corrected chi connectivity index (χ4v) is 5.57. The summed E-state index contributed by atoms with van der Waals surface area (Å²) in [5.41, 5.74) is 3.96. The van der Waals surface area contributed by atoms with Crippen LogP contribution in [0.5, 0.6) is 5.75 Å². The van der Waals surface area contributed by atoms with Gasteiger partial charge in [0, 0.05) is 29.1 Å². The van der Waals surface area contributed by atoms with E-state index in [0.717, 1.165) is 63.8 Å². The van der Waals surface area contributed by atoms with Crippen LogP contribution < -0.4 is 4.74 Å². The molecule has 196 valence electrons. The van der Waals surface area contributed by atoms with Gasteiger partial charge >= 0.3 is 0 Å². The van der Waals surface area contributed by atoms with Gasteiger partial charge in [0.05, 0.1) is 11.2 Å². The van der Waals surface area contributed by atoms with Gasteiger partial charge in [-0.3, -0.25) is 10.00 Å². The number of hydrogen-bond acceptors (Lipinski definition) is 6. The van der Waals surface area contributed by atoms with Crippen molar-refractivity contribution in [3.05, 3.63) is 60.2 Å². The molecule has 1 N–H and O–H groups in total. The van der Waals surface area contributed by atoms with Crippen LogP contribution in [-0.2, 0) is 0 Å². The molecule has 3 heterocycles. The molecule has 2 aliphatic heterocycles. The van der Waals surface area contributed by atoms with Crippen molar-refractivity contribution in [3.8, 4) is 17.0 Å². The summed E-state index contributed by atoms with van der Waals surface area (Å²) in [6, 6.07) is 19.7. The van der Waals surface area contributed by atoms with Crippen molar-refractivity contribution in [2.45, 2.75) is 58.7 Å². The van der Waals surface area contributed by atoms with Crippen LogP contribution in [0.25, 0.3) is 32.9 Å². The first kappa shape index (κ1) is 24.7. The molecule has 2 aliphatic rings. The lowest BCUT2D eigenvalue weighted by Crippen LogP contribution is -2.39. The summed E-state index contributed by atoms with van der Waals surface area (Å²) < 4.78 is 6.13. The zero-order chi connectivity index (χ0) is 26.1. The number of benzene rings is 3. The topological polar surface area (TPSA) is 78.2 Å². The van der Waals surface area contributed by atoms with Crippen molar-refractivity contribution in [1.82, 2.24) is 15.1 Å². The minimum Gasteiger partial charge on any atom is -0.492 e. The lowest BCUT2D eigenvalue weighted by molar-refractivity contribution is 0.133. The van der Waals surface area contributed by atoms with E-state index in [1.807, 2.05) is 12.1 Å². The first-order chi connectivity index (χ1) is 18.5. The SMILES string of the molecule is CC(C)CC1N=NC(c2ccc3[nH]nc(-c4ccc5cc(OCCN6CCCC[C@@H]6C)ccc5c4)c3c2)=N1. The number of aromatic nitrogens is 2. The third-order valence-corrected chi connectivity index (χ3v) is 7.73. The summed E-state index contributed by atoms with van der Waals surface area (Å²) in [6.07, 6.45) is 4.78. The maximum absolute atomic E-state index is 6.13. The molecule has 7 nitrogen and oxygen atoms in total. The summed E-state index contributed by atoms with van der Waals surface area (Å²) in [6.45, 7) is 9.58. The van der Waals surface area contributed by atoms with Crippen LogP contribution in [-0.4, -0.2) is 52.8 Å². The van der Waals surface area contributed by atoms with Gasteiger partial charge in [-0.05, 0) is 85.8 Å². The molecule has 4 aromatic rings. The van der Waals surface area contributed by atoms with Gasteiger partial charge in [-0.15, -0.1) is 5.11 Å². The third-order valence-electron chi connectivity index (χ3n) is 7.73. The maximum Gasteiger partial charge on any atom is 0.179 e. The number of nitrogens with one attached hydrogen (secondary N) is 1. The molecule has 1 unspecified atom stereocenters. The first-order valence-corrected chi connectivity index (χ1v) is 13.9. The van der Waals surface area contributed by atoms with Crippen LogP contribution in [0, 0.1) is 5.92 Å². The van der Waals surface area contributed by atoms with Gasteiger partial charge < -0.3 is 4.74 Å². The smallest absolute Gasteiger partial charge is 0.179 e. The number of nitrogens with zero attached hydrogens (tertiary/aromatic N) is 5. The van der Waals surface area contributed by atoms with Crippen molar-refractivity contribution >= 4 is 27.5 Å². The van der Waals surface area contributed by atoms with Crippen molar-refractivity contribution in [2.75, 3.05) is 19.7 Å². The number of amidine groups is 1. The number of rotatable bonds is 8. The lowest BCUT2D eigenvalue weighted by Gasteiger charge is -2.33. The first-order valence-electron chi connectivity index (χ1n) is 13.9. The highest BCUT2D eigenvalue weighted by molar-refractivity contribution is 6.05. The molecule has 0 saturated carbocycles. The molecule has 0 bridgehead atoms. The third kappa shape index (κ3) is 5.20. The van der Waals surface area contributed by atoms with Gasteiger partial charge in [0.2, 0.25) is 0 Å². The molecule has 1 fully saturated rings. The summed E-state index contributed by atoms with van der Waals surface area (Å²) in [5, 5.41) is 19.9. The predicted octanol–water partition coefficient (Wildman–Crippen LogP) is 7.22. The highest BCUT2D eigenvalue weighted by Gasteiger charge is 2.19. The van der Waals surface area contributed by atoms with Gasteiger partial charge in [0.15, 0.2) is 12.0 Å². The molecule has 2 atom stereocenters. The average Bonchev–Trinajstić information content (AvgIpc) is 3.56. The normalized spacial score (nSPS) is 20.1. The fraction of sp³-hybridized carbons (Fsp3) is 0.419. The van der Waals surface area contributed by atoms with E-state index in [4.69, 9.17) is 9.73 Å². The second-order valence-corrected chi connectivity index (χ2v) is 11.1. The zero-order valence-electron chi connectivity index (χ0n) is 22.5. The van der Waals surface area contributed by atoms with E-state index in [0.29, 0.717) is 17.8 Å². The van der Waals surface area contributed by atoms with Crippen molar-refractivity contribution in [1.29, 1.82) is 0 Å². The van der Waals surface area contributed by atoms with E-state index in [9.17, 15) is 0 Å². The van der Waals surface area contributed by atoms with Gasteiger partial charge in [-0.1, -0.05) is 38.5 Å². The van der Waals surface area contributed by atoms with E-state index in [1.54, 1.807) is 0 Å². The van der Waals surface area contributed by atoms with Crippen LogP contribution >= 0.6 is 0 Å². The summed E-state index contributed by atoms with van der Waals surface area (Å²) in [7, 11) is 0. The van der Waals surface area contributed by atoms with E-state index >= 15 is 0 Å². The fourth-order valence-electron chi connectivity index (χ4n) is 5.57. The van der Waals surface area contributed by atoms with Crippen molar-refractivity contribution in [2.24, 2.45) is 21.1 Å². The van der Waals surface area contributed by atoms with E-state index in [1.165, 1.54) is 25.8 Å². The van der Waals surface area contributed by atoms with Gasteiger partial charge in [-0.2, -0.15) is 10.2 Å². The Bertz CT molecular complexity index is 1500. The van der Waals surface area contributed by atoms with Crippen LogP contribution in [0.4, 0.5) is 0 Å². The number of ether oxygens (including phenoxy) is 1. The molecular weight excluding hydrogens is 472 g/mol. The standard InChI is InChI=1S/C31H36N6O/c1-20(2)16-29-32-31(36-34-29)25-10-12-28-27(19-25)30(35-33-28)24-8-7-23-18-26(11-9-22(23)17-24)38-15-14-37-13-5-4-6-21(37)3/h7-12,17-21,29H,4-6,13-16H2,1-3H3,(H,33,35)/t21-,29?/m0/s1. The Kier molecular flexibility index (Phi) is 6.94.